The van der Waals surface area contributed by atoms with Gasteiger partial charge in [0.1, 0.15) is 0 Å². The molecule has 0 amide bonds. The zero-order chi connectivity index (χ0) is 9.73. The lowest BCUT2D eigenvalue weighted by molar-refractivity contribution is 0.0981. The number of halogens is 1. The second-order valence-corrected chi connectivity index (χ2v) is 5.36. The van der Waals surface area contributed by atoms with Gasteiger partial charge in [-0.3, -0.25) is 0 Å². The standard InChI is InChI=1S/C7H14ClNO3S/c8-3-4-9-13(10,11)7-1-5-12-6-2-7/h7,9H,1-6H2. The molecule has 1 fully saturated rings. The van der Waals surface area contributed by atoms with Crippen LogP contribution >= 0.6 is 11.6 Å². The van der Waals surface area contributed by atoms with E-state index in [4.69, 9.17) is 16.3 Å². The maximum atomic E-state index is 11.5. The SMILES string of the molecule is O=S(=O)(NCCCl)C1CCOCC1. The maximum Gasteiger partial charge on any atom is 0.214 e. The van der Waals surface area contributed by atoms with Gasteiger partial charge < -0.3 is 4.74 Å². The van der Waals surface area contributed by atoms with Crippen molar-refractivity contribution in [3.8, 4) is 0 Å². The van der Waals surface area contributed by atoms with Crippen LogP contribution in [-0.4, -0.2) is 39.3 Å². The van der Waals surface area contributed by atoms with Crippen LogP contribution in [0.5, 0.6) is 0 Å². The van der Waals surface area contributed by atoms with E-state index in [1.165, 1.54) is 0 Å². The summed E-state index contributed by atoms with van der Waals surface area (Å²) in [4.78, 5) is 0. The van der Waals surface area contributed by atoms with Crippen molar-refractivity contribution in [3.63, 3.8) is 0 Å². The van der Waals surface area contributed by atoms with Crippen LogP contribution in [0.4, 0.5) is 0 Å². The van der Waals surface area contributed by atoms with E-state index in [9.17, 15) is 8.42 Å². The highest BCUT2D eigenvalue weighted by molar-refractivity contribution is 7.90. The lowest BCUT2D eigenvalue weighted by Crippen LogP contribution is -2.38. The summed E-state index contributed by atoms with van der Waals surface area (Å²) in [7, 11) is -3.16. The van der Waals surface area contributed by atoms with Crippen molar-refractivity contribution in [2.45, 2.75) is 18.1 Å². The van der Waals surface area contributed by atoms with Gasteiger partial charge in [-0.1, -0.05) is 0 Å². The van der Waals surface area contributed by atoms with Crippen LogP contribution in [0, 0.1) is 0 Å². The van der Waals surface area contributed by atoms with E-state index in [2.05, 4.69) is 4.72 Å². The molecule has 1 aliphatic rings. The fraction of sp³-hybridized carbons (Fsp3) is 1.00. The number of sulfonamides is 1. The van der Waals surface area contributed by atoms with E-state index in [1.54, 1.807) is 0 Å². The first-order valence-electron chi connectivity index (χ1n) is 4.29. The molecular weight excluding hydrogens is 214 g/mol. The molecule has 0 aromatic rings. The summed E-state index contributed by atoms with van der Waals surface area (Å²) >= 11 is 5.39. The van der Waals surface area contributed by atoms with Gasteiger partial charge in [0.25, 0.3) is 0 Å². The summed E-state index contributed by atoms with van der Waals surface area (Å²) in [6, 6.07) is 0. The van der Waals surface area contributed by atoms with Gasteiger partial charge in [0, 0.05) is 25.6 Å². The quantitative estimate of drug-likeness (QED) is 0.704. The molecule has 13 heavy (non-hydrogen) atoms. The van der Waals surface area contributed by atoms with E-state index in [0.29, 0.717) is 38.5 Å². The summed E-state index contributed by atoms with van der Waals surface area (Å²) in [5.41, 5.74) is 0. The summed E-state index contributed by atoms with van der Waals surface area (Å²) in [5.74, 6) is 0.308. The third-order valence-corrected chi connectivity index (χ3v) is 4.15. The Bertz CT molecular complexity index is 236. The molecule has 6 heteroatoms. The van der Waals surface area contributed by atoms with Gasteiger partial charge in [-0.15, -0.1) is 11.6 Å². The molecule has 0 unspecified atom stereocenters. The molecule has 1 saturated heterocycles. The molecule has 0 bridgehead atoms. The molecule has 1 N–H and O–H groups in total. The van der Waals surface area contributed by atoms with Gasteiger partial charge in [0.05, 0.1) is 5.25 Å². The Kier molecular flexibility index (Phi) is 4.45. The summed E-state index contributed by atoms with van der Waals surface area (Å²) < 4.78 is 30.6. The molecular formula is C7H14ClNO3S. The number of hydrogen-bond acceptors (Lipinski definition) is 3. The molecule has 0 spiro atoms. The van der Waals surface area contributed by atoms with Crippen LogP contribution in [0.25, 0.3) is 0 Å². The second kappa shape index (κ2) is 5.14. The summed E-state index contributed by atoms with van der Waals surface area (Å²) in [6.45, 7) is 1.38. The van der Waals surface area contributed by atoms with E-state index >= 15 is 0 Å². The van der Waals surface area contributed by atoms with Gasteiger partial charge in [0.2, 0.25) is 10.0 Å². The molecule has 0 aromatic carbocycles. The van der Waals surface area contributed by atoms with Crippen molar-refractivity contribution in [1.29, 1.82) is 0 Å². The minimum Gasteiger partial charge on any atom is -0.381 e. The monoisotopic (exact) mass is 227 g/mol. The Morgan fingerprint density at radius 1 is 1.38 bits per heavy atom. The minimum absolute atomic E-state index is 0.301. The second-order valence-electron chi connectivity index (χ2n) is 2.94. The van der Waals surface area contributed by atoms with Gasteiger partial charge in [-0.05, 0) is 12.8 Å². The number of rotatable bonds is 4. The lowest BCUT2D eigenvalue weighted by Gasteiger charge is -2.22. The zero-order valence-corrected chi connectivity index (χ0v) is 8.90. The molecule has 1 rings (SSSR count). The predicted octanol–water partition coefficient (Wildman–Crippen LogP) is 0.324. The van der Waals surface area contributed by atoms with Crippen LogP contribution < -0.4 is 4.72 Å². The Hall–Kier alpha value is 0.160. The molecule has 0 aromatic heterocycles. The van der Waals surface area contributed by atoms with Gasteiger partial charge in [-0.2, -0.15) is 0 Å². The smallest absolute Gasteiger partial charge is 0.214 e. The highest BCUT2D eigenvalue weighted by Crippen LogP contribution is 2.14. The lowest BCUT2D eigenvalue weighted by atomic mass is 10.2. The number of hydrogen-bond donors (Lipinski definition) is 1. The minimum atomic E-state index is -3.16. The van der Waals surface area contributed by atoms with Crippen LogP contribution in [0.2, 0.25) is 0 Å². The first kappa shape index (κ1) is 11.2. The highest BCUT2D eigenvalue weighted by atomic mass is 35.5. The largest absolute Gasteiger partial charge is 0.381 e. The van der Waals surface area contributed by atoms with Crippen LogP contribution in [0.1, 0.15) is 12.8 Å². The first-order chi connectivity index (χ1) is 6.17. The summed E-state index contributed by atoms with van der Waals surface area (Å²) in [5, 5.41) is -0.301. The van der Waals surface area contributed by atoms with Gasteiger partial charge in [-0.25, -0.2) is 13.1 Å². The number of alkyl halides is 1. The van der Waals surface area contributed by atoms with E-state index < -0.39 is 10.0 Å². The molecule has 1 heterocycles. The van der Waals surface area contributed by atoms with Crippen molar-refractivity contribution >= 4 is 21.6 Å². The van der Waals surface area contributed by atoms with E-state index in [1.807, 2.05) is 0 Å². The Labute approximate surface area is 83.7 Å². The molecule has 0 aliphatic carbocycles. The van der Waals surface area contributed by atoms with Crippen molar-refractivity contribution in [3.05, 3.63) is 0 Å². The van der Waals surface area contributed by atoms with E-state index in [0.717, 1.165) is 0 Å². The third kappa shape index (κ3) is 3.42. The average Bonchev–Trinajstić information content (AvgIpc) is 2.16. The average molecular weight is 228 g/mol. The van der Waals surface area contributed by atoms with Crippen LogP contribution in [0.3, 0.4) is 0 Å². The molecule has 0 saturated carbocycles. The van der Waals surface area contributed by atoms with Gasteiger partial charge in [0.15, 0.2) is 0 Å². The zero-order valence-electron chi connectivity index (χ0n) is 7.33. The molecule has 0 radical (unpaired) electrons. The van der Waals surface area contributed by atoms with Gasteiger partial charge >= 0.3 is 0 Å². The molecule has 0 atom stereocenters. The molecule has 4 nitrogen and oxygen atoms in total. The Morgan fingerprint density at radius 2 is 2.00 bits per heavy atom. The predicted molar refractivity (Wildman–Crippen MR) is 51.5 cm³/mol. The van der Waals surface area contributed by atoms with Crippen molar-refractivity contribution in [1.82, 2.24) is 4.72 Å². The third-order valence-electron chi connectivity index (χ3n) is 2.00. The van der Waals surface area contributed by atoms with Crippen molar-refractivity contribution in [2.24, 2.45) is 0 Å². The number of ether oxygens (including phenoxy) is 1. The van der Waals surface area contributed by atoms with Crippen molar-refractivity contribution < 1.29 is 13.2 Å². The van der Waals surface area contributed by atoms with Crippen molar-refractivity contribution in [2.75, 3.05) is 25.6 Å². The topological polar surface area (TPSA) is 55.4 Å². The fourth-order valence-corrected chi connectivity index (χ4v) is 2.93. The first-order valence-corrected chi connectivity index (χ1v) is 6.37. The Morgan fingerprint density at radius 3 is 2.54 bits per heavy atom. The molecule has 1 aliphatic heterocycles. The molecule has 78 valence electrons. The normalized spacial score (nSPS) is 20.4. The number of nitrogens with one attached hydrogen (secondary N) is 1. The van der Waals surface area contributed by atoms with E-state index in [-0.39, 0.29) is 5.25 Å². The Balaban J connectivity index is 2.47. The summed E-state index contributed by atoms with van der Waals surface area (Å²) in [6.07, 6.45) is 1.16. The highest BCUT2D eigenvalue weighted by Gasteiger charge is 2.26. The van der Waals surface area contributed by atoms with Crippen LogP contribution in [0.15, 0.2) is 0 Å². The fourth-order valence-electron chi connectivity index (χ4n) is 1.28. The van der Waals surface area contributed by atoms with Crippen LogP contribution in [-0.2, 0) is 14.8 Å². The maximum absolute atomic E-state index is 11.5.